The molecular formula is C54H43N4+. The molecule has 3 heterocycles. The van der Waals surface area contributed by atoms with Gasteiger partial charge in [-0.3, -0.25) is 4.57 Å². The molecule has 4 heteroatoms. The highest BCUT2D eigenvalue weighted by molar-refractivity contribution is 6.12. The lowest BCUT2D eigenvalue weighted by Crippen LogP contribution is -2.28. The van der Waals surface area contributed by atoms with Crippen molar-refractivity contribution in [1.29, 1.82) is 0 Å². The molecule has 10 aromatic rings. The smallest absolute Gasteiger partial charge is 0.255 e. The van der Waals surface area contributed by atoms with Gasteiger partial charge in [-0.25, -0.2) is 4.98 Å². The average Bonchev–Trinajstić information content (AvgIpc) is 3.82. The summed E-state index contributed by atoms with van der Waals surface area (Å²) in [6.45, 7) is 6.77. The van der Waals surface area contributed by atoms with Gasteiger partial charge in [-0.2, -0.15) is 9.13 Å². The fourth-order valence-electron chi connectivity index (χ4n) is 8.42. The van der Waals surface area contributed by atoms with Gasteiger partial charge in [-0.05, 0) is 105 Å². The van der Waals surface area contributed by atoms with E-state index in [-0.39, 0.29) is 5.41 Å². The molecule has 0 radical (unpaired) electrons. The summed E-state index contributed by atoms with van der Waals surface area (Å²) < 4.78 is 6.92. The quantitative estimate of drug-likeness (QED) is 0.118. The minimum Gasteiger partial charge on any atom is -0.294 e. The Labute approximate surface area is 339 Å². The zero-order chi connectivity index (χ0) is 39.2. The molecule has 278 valence electrons. The normalized spacial score (nSPS) is 11.7. The highest BCUT2D eigenvalue weighted by Gasteiger charge is 2.23. The number of aromatic nitrogens is 4. The molecule has 0 unspecified atom stereocenters. The molecule has 0 saturated heterocycles. The van der Waals surface area contributed by atoms with Crippen LogP contribution < -0.4 is 4.57 Å². The van der Waals surface area contributed by atoms with Gasteiger partial charge >= 0.3 is 0 Å². The van der Waals surface area contributed by atoms with Gasteiger partial charge in [0.05, 0.1) is 11.0 Å². The molecule has 3 aromatic heterocycles. The largest absolute Gasteiger partial charge is 0.294 e. The van der Waals surface area contributed by atoms with Gasteiger partial charge in [0.2, 0.25) is 0 Å². The second kappa shape index (κ2) is 14.3. The fourth-order valence-corrected chi connectivity index (χ4v) is 8.42. The first kappa shape index (κ1) is 35.1. The van der Waals surface area contributed by atoms with E-state index in [1.807, 2.05) is 6.20 Å². The number of nitrogens with zero attached hydrogens (tertiary/aromatic N) is 4. The molecule has 0 N–H and O–H groups in total. The number of fused-ring (bicyclic) bond motifs is 4. The SMILES string of the molecule is CC(C)(C)c1ccnc(-n2c3ccccc3c3ccc(C(=C(c4ccccc4)c4ccccc4)c4cccc(-n5c[n+](-c6ccccc6)c6ccccc65)c4)cc32)c1. The van der Waals surface area contributed by atoms with Crippen molar-refractivity contribution in [3.8, 4) is 17.2 Å². The van der Waals surface area contributed by atoms with E-state index < -0.39 is 0 Å². The van der Waals surface area contributed by atoms with Gasteiger partial charge < -0.3 is 0 Å². The van der Waals surface area contributed by atoms with Crippen LogP contribution in [0.25, 0.3) is 61.2 Å². The lowest BCUT2D eigenvalue weighted by molar-refractivity contribution is -0.567. The van der Waals surface area contributed by atoms with Crippen molar-refractivity contribution >= 4 is 44.0 Å². The molecule has 0 bridgehead atoms. The van der Waals surface area contributed by atoms with Crippen molar-refractivity contribution in [1.82, 2.24) is 14.1 Å². The van der Waals surface area contributed by atoms with Crippen LogP contribution in [0.4, 0.5) is 0 Å². The molecule has 0 fully saturated rings. The lowest BCUT2D eigenvalue weighted by Gasteiger charge is -2.20. The van der Waals surface area contributed by atoms with Gasteiger partial charge in [0, 0.05) is 17.0 Å². The Bertz CT molecular complexity index is 3090. The predicted molar refractivity (Wildman–Crippen MR) is 240 cm³/mol. The first-order chi connectivity index (χ1) is 28.4. The monoisotopic (exact) mass is 747 g/mol. The fraction of sp³-hybridized carbons (Fsp3) is 0.0741. The minimum atomic E-state index is -0.0196. The van der Waals surface area contributed by atoms with Gasteiger partial charge in [0.25, 0.3) is 6.33 Å². The van der Waals surface area contributed by atoms with E-state index >= 15 is 0 Å². The van der Waals surface area contributed by atoms with E-state index in [4.69, 9.17) is 4.98 Å². The molecule has 0 atom stereocenters. The van der Waals surface area contributed by atoms with E-state index in [2.05, 4.69) is 235 Å². The minimum absolute atomic E-state index is 0.0196. The molecule has 10 rings (SSSR count). The third kappa shape index (κ3) is 6.20. The maximum atomic E-state index is 5.00. The molecule has 0 aliphatic carbocycles. The van der Waals surface area contributed by atoms with Crippen LogP contribution in [0, 0.1) is 0 Å². The number of benzene rings is 7. The van der Waals surface area contributed by atoms with Crippen LogP contribution in [0.15, 0.2) is 207 Å². The molecule has 4 nitrogen and oxygen atoms in total. The Morgan fingerprint density at radius 1 is 0.483 bits per heavy atom. The highest BCUT2D eigenvalue weighted by Crippen LogP contribution is 2.41. The number of para-hydroxylation sites is 4. The zero-order valence-electron chi connectivity index (χ0n) is 32.9. The number of imidazole rings is 1. The standard InChI is InChI=1S/C54H43N4/c1-54(2,3)42-32-33-55-51(36-42)58-47-27-14-13-26-45(47)46-31-30-41(35-50(46)58)53(52(38-18-7-4-8-19-38)39-20-9-5-10-21-39)40-22-17-25-44(34-40)57-37-56(43-23-11-6-12-24-43)48-28-15-16-29-49(48)57/h4-37H,1-3H3/q+1. The predicted octanol–water partition coefficient (Wildman–Crippen LogP) is 12.7. The highest BCUT2D eigenvalue weighted by atomic mass is 15.1. The maximum Gasteiger partial charge on any atom is 0.255 e. The molecule has 0 aliphatic heterocycles. The van der Waals surface area contributed by atoms with Crippen LogP contribution >= 0.6 is 0 Å². The first-order valence-corrected chi connectivity index (χ1v) is 20.0. The Morgan fingerprint density at radius 3 is 1.79 bits per heavy atom. The number of rotatable bonds is 7. The molecule has 0 saturated carbocycles. The van der Waals surface area contributed by atoms with Crippen molar-refractivity contribution in [3.05, 3.63) is 234 Å². The van der Waals surface area contributed by atoms with Crippen LogP contribution in [0.1, 0.15) is 48.6 Å². The third-order valence-electron chi connectivity index (χ3n) is 11.3. The van der Waals surface area contributed by atoms with Crippen molar-refractivity contribution in [2.45, 2.75) is 26.2 Å². The molecule has 0 aliphatic rings. The van der Waals surface area contributed by atoms with Crippen LogP contribution in [0.2, 0.25) is 0 Å². The summed E-state index contributed by atoms with van der Waals surface area (Å²) in [6, 6.07) is 69.9. The Balaban J connectivity index is 1.26. The van der Waals surface area contributed by atoms with Crippen LogP contribution in [-0.2, 0) is 5.41 Å². The van der Waals surface area contributed by atoms with Crippen molar-refractivity contribution in [3.63, 3.8) is 0 Å². The molecule has 58 heavy (non-hydrogen) atoms. The Morgan fingerprint density at radius 2 is 1.07 bits per heavy atom. The van der Waals surface area contributed by atoms with Gasteiger partial charge in [-0.1, -0.05) is 154 Å². The van der Waals surface area contributed by atoms with Crippen molar-refractivity contribution in [2.75, 3.05) is 0 Å². The van der Waals surface area contributed by atoms with Crippen LogP contribution in [0.3, 0.4) is 0 Å². The Kier molecular flexibility index (Phi) is 8.68. The van der Waals surface area contributed by atoms with Crippen LogP contribution in [-0.4, -0.2) is 14.1 Å². The molecule has 0 amide bonds. The van der Waals surface area contributed by atoms with E-state index in [1.165, 1.54) is 21.9 Å². The topological polar surface area (TPSA) is 26.6 Å². The number of hydrogen-bond acceptors (Lipinski definition) is 1. The summed E-state index contributed by atoms with van der Waals surface area (Å²) in [5.41, 5.74) is 14.9. The third-order valence-corrected chi connectivity index (χ3v) is 11.3. The zero-order valence-corrected chi connectivity index (χ0v) is 32.9. The summed E-state index contributed by atoms with van der Waals surface area (Å²) >= 11 is 0. The van der Waals surface area contributed by atoms with Gasteiger partial charge in [-0.15, -0.1) is 0 Å². The second-order valence-electron chi connectivity index (χ2n) is 15.9. The van der Waals surface area contributed by atoms with Crippen molar-refractivity contribution in [2.24, 2.45) is 0 Å². The van der Waals surface area contributed by atoms with E-state index in [1.54, 1.807) is 0 Å². The lowest BCUT2D eigenvalue weighted by atomic mass is 9.85. The van der Waals surface area contributed by atoms with E-state index in [0.717, 1.165) is 67.1 Å². The first-order valence-electron chi connectivity index (χ1n) is 20.0. The molecular weight excluding hydrogens is 705 g/mol. The van der Waals surface area contributed by atoms with Gasteiger partial charge in [0.1, 0.15) is 17.2 Å². The second-order valence-corrected chi connectivity index (χ2v) is 15.9. The molecule has 0 spiro atoms. The van der Waals surface area contributed by atoms with E-state index in [0.29, 0.717) is 0 Å². The summed E-state index contributed by atoms with van der Waals surface area (Å²) in [4.78, 5) is 5.00. The average molecular weight is 748 g/mol. The molecule has 7 aromatic carbocycles. The van der Waals surface area contributed by atoms with E-state index in [9.17, 15) is 0 Å². The summed E-state index contributed by atoms with van der Waals surface area (Å²) in [7, 11) is 0. The van der Waals surface area contributed by atoms with Gasteiger partial charge in [0.15, 0.2) is 11.0 Å². The number of pyridine rings is 1. The maximum absolute atomic E-state index is 5.00. The number of hydrogen-bond donors (Lipinski definition) is 0. The summed E-state index contributed by atoms with van der Waals surface area (Å²) in [5, 5.41) is 2.40. The summed E-state index contributed by atoms with van der Waals surface area (Å²) in [6.07, 6.45) is 4.16. The van der Waals surface area contributed by atoms with Crippen LogP contribution in [0.5, 0.6) is 0 Å². The Hall–Kier alpha value is -7.30. The van der Waals surface area contributed by atoms with Crippen molar-refractivity contribution < 1.29 is 4.57 Å². The summed E-state index contributed by atoms with van der Waals surface area (Å²) in [5.74, 6) is 0.917.